The molecule has 3 saturated carbocycles. The van der Waals surface area contributed by atoms with E-state index in [-0.39, 0.29) is 24.2 Å². The van der Waals surface area contributed by atoms with Crippen molar-refractivity contribution < 1.29 is 14.7 Å². The predicted molar refractivity (Wildman–Crippen MR) is 84.2 cm³/mol. The average molecular weight is 307 g/mol. The average Bonchev–Trinajstić information content (AvgIpc) is 2.83. The summed E-state index contributed by atoms with van der Waals surface area (Å²) in [6, 6.07) is -0.0295. The predicted octanol–water partition coefficient (Wildman–Crippen LogP) is 2.99. The van der Waals surface area contributed by atoms with E-state index in [1.54, 1.807) is 0 Å². The third kappa shape index (κ3) is 2.31. The van der Waals surface area contributed by atoms with E-state index < -0.39 is 11.4 Å². The lowest BCUT2D eigenvalue weighted by Gasteiger charge is -2.56. The van der Waals surface area contributed by atoms with Gasteiger partial charge in [-0.05, 0) is 55.3 Å². The molecule has 124 valence electrons. The first-order valence-electron chi connectivity index (χ1n) is 8.79. The summed E-state index contributed by atoms with van der Waals surface area (Å²) in [6.45, 7) is 4.41. The number of hydrogen-bond donors (Lipinski definition) is 2. The molecule has 3 fully saturated rings. The van der Waals surface area contributed by atoms with Crippen molar-refractivity contribution in [1.29, 1.82) is 0 Å². The van der Waals surface area contributed by atoms with Gasteiger partial charge >= 0.3 is 5.97 Å². The molecule has 4 heteroatoms. The van der Waals surface area contributed by atoms with E-state index in [1.165, 1.54) is 25.7 Å². The molecule has 0 bridgehead atoms. The molecule has 0 heterocycles. The lowest BCUT2D eigenvalue weighted by Crippen LogP contribution is -2.59. The Hall–Kier alpha value is -0.900. The minimum absolute atomic E-state index is 0.0295. The molecule has 0 amide bonds. The molecule has 3 unspecified atom stereocenters. The van der Waals surface area contributed by atoms with Gasteiger partial charge < -0.3 is 10.8 Å². The fourth-order valence-corrected chi connectivity index (χ4v) is 6.01. The standard InChI is InChI=1S/C18H29NO3/c1-17-7-3-4-11(17)16-12(5-8-17)18(2,9-6-15(21)22)14(20)10-13(16)19/h11-13,16H,3-10,19H2,1-2H3,(H,21,22)/t11?,12?,13-,16?,17-,18+/m0/s1. The van der Waals surface area contributed by atoms with Crippen LogP contribution in [0.5, 0.6) is 0 Å². The summed E-state index contributed by atoms with van der Waals surface area (Å²) >= 11 is 0. The molecule has 22 heavy (non-hydrogen) atoms. The molecule has 4 nitrogen and oxygen atoms in total. The van der Waals surface area contributed by atoms with Crippen molar-refractivity contribution in [3.8, 4) is 0 Å². The van der Waals surface area contributed by atoms with Crippen molar-refractivity contribution in [1.82, 2.24) is 0 Å². The number of carboxylic acids is 1. The third-order valence-electron chi connectivity index (χ3n) is 7.34. The van der Waals surface area contributed by atoms with E-state index in [4.69, 9.17) is 10.8 Å². The minimum Gasteiger partial charge on any atom is -0.481 e. The summed E-state index contributed by atoms with van der Waals surface area (Å²) in [4.78, 5) is 23.7. The van der Waals surface area contributed by atoms with Crippen LogP contribution in [0.3, 0.4) is 0 Å². The van der Waals surface area contributed by atoms with Gasteiger partial charge in [0.05, 0.1) is 0 Å². The van der Waals surface area contributed by atoms with Gasteiger partial charge in [0.2, 0.25) is 0 Å². The SMILES string of the molecule is C[C@@]12CCCC1C1C(CC2)[C@@](C)(CCC(=O)O)C(=O)C[C@@H]1N. The zero-order chi connectivity index (χ0) is 16.1. The largest absolute Gasteiger partial charge is 0.481 e. The zero-order valence-corrected chi connectivity index (χ0v) is 13.8. The molecule has 3 rings (SSSR count). The number of rotatable bonds is 3. The molecule has 6 atom stereocenters. The lowest BCUT2D eigenvalue weighted by molar-refractivity contribution is -0.148. The molecular formula is C18H29NO3. The van der Waals surface area contributed by atoms with Gasteiger partial charge in [0.15, 0.2) is 0 Å². The van der Waals surface area contributed by atoms with E-state index in [0.29, 0.717) is 30.1 Å². The smallest absolute Gasteiger partial charge is 0.303 e. The maximum absolute atomic E-state index is 12.7. The maximum atomic E-state index is 12.7. The van der Waals surface area contributed by atoms with Gasteiger partial charge in [-0.2, -0.15) is 0 Å². The summed E-state index contributed by atoms with van der Waals surface area (Å²) in [5.41, 5.74) is 6.35. The second-order valence-electron chi connectivity index (χ2n) is 8.48. The number of carbonyl (C=O) groups is 2. The van der Waals surface area contributed by atoms with Crippen molar-refractivity contribution >= 4 is 11.8 Å². The summed E-state index contributed by atoms with van der Waals surface area (Å²) in [6.07, 6.45) is 6.98. The van der Waals surface area contributed by atoms with Crippen LogP contribution < -0.4 is 5.73 Å². The topological polar surface area (TPSA) is 80.4 Å². The van der Waals surface area contributed by atoms with Crippen molar-refractivity contribution in [3.63, 3.8) is 0 Å². The summed E-state index contributed by atoms with van der Waals surface area (Å²) in [5.74, 6) is 0.696. The Kier molecular flexibility index (Phi) is 3.87. The van der Waals surface area contributed by atoms with Gasteiger partial charge in [-0.1, -0.05) is 20.3 Å². The minimum atomic E-state index is -0.804. The Morgan fingerprint density at radius 2 is 2.00 bits per heavy atom. The third-order valence-corrected chi connectivity index (χ3v) is 7.34. The molecule has 0 aromatic heterocycles. The fourth-order valence-electron chi connectivity index (χ4n) is 6.01. The monoisotopic (exact) mass is 307 g/mol. The van der Waals surface area contributed by atoms with Crippen LogP contribution in [0.2, 0.25) is 0 Å². The second-order valence-corrected chi connectivity index (χ2v) is 8.48. The number of nitrogens with two attached hydrogens (primary N) is 1. The number of aliphatic carboxylic acids is 1. The van der Waals surface area contributed by atoms with Crippen LogP contribution in [0.1, 0.15) is 65.2 Å². The first-order valence-corrected chi connectivity index (χ1v) is 8.79. The van der Waals surface area contributed by atoms with Crippen LogP contribution in [0.25, 0.3) is 0 Å². The second kappa shape index (κ2) is 5.33. The Morgan fingerprint density at radius 3 is 2.68 bits per heavy atom. The van der Waals surface area contributed by atoms with Crippen LogP contribution in [0, 0.1) is 28.6 Å². The van der Waals surface area contributed by atoms with Gasteiger partial charge in [-0.25, -0.2) is 0 Å². The number of carbonyl (C=O) groups excluding carboxylic acids is 1. The van der Waals surface area contributed by atoms with E-state index in [1.807, 2.05) is 6.92 Å². The number of ketones is 1. The van der Waals surface area contributed by atoms with E-state index in [0.717, 1.165) is 6.42 Å². The Labute approximate surface area is 132 Å². The molecule has 0 aromatic carbocycles. The van der Waals surface area contributed by atoms with Gasteiger partial charge in [-0.3, -0.25) is 9.59 Å². The highest BCUT2D eigenvalue weighted by atomic mass is 16.4. The van der Waals surface area contributed by atoms with E-state index in [9.17, 15) is 9.59 Å². The van der Waals surface area contributed by atoms with Crippen molar-refractivity contribution in [2.75, 3.05) is 0 Å². The van der Waals surface area contributed by atoms with Crippen molar-refractivity contribution in [2.24, 2.45) is 34.3 Å². The molecule has 0 saturated heterocycles. The quantitative estimate of drug-likeness (QED) is 0.840. The van der Waals surface area contributed by atoms with E-state index >= 15 is 0 Å². The van der Waals surface area contributed by atoms with Crippen molar-refractivity contribution in [2.45, 2.75) is 71.3 Å². The molecule has 0 aromatic rings. The van der Waals surface area contributed by atoms with Crippen LogP contribution in [-0.2, 0) is 9.59 Å². The number of Topliss-reactive ketones (excluding diaryl/α,β-unsaturated/α-hetero) is 1. The molecule has 3 N–H and O–H groups in total. The zero-order valence-electron chi connectivity index (χ0n) is 13.8. The van der Waals surface area contributed by atoms with Crippen LogP contribution in [-0.4, -0.2) is 22.9 Å². The summed E-state index contributed by atoms with van der Waals surface area (Å²) in [7, 11) is 0. The molecule has 3 aliphatic carbocycles. The molecule has 0 radical (unpaired) electrons. The molecule has 3 aliphatic rings. The molecule has 0 spiro atoms. The Balaban J connectivity index is 1.90. The van der Waals surface area contributed by atoms with E-state index in [2.05, 4.69) is 6.92 Å². The first kappa shape index (κ1) is 16.0. The maximum Gasteiger partial charge on any atom is 0.303 e. The number of fused-ring (bicyclic) bond motifs is 3. The Bertz CT molecular complexity index is 491. The lowest BCUT2D eigenvalue weighted by atomic mass is 9.48. The van der Waals surface area contributed by atoms with Crippen molar-refractivity contribution in [3.05, 3.63) is 0 Å². The highest BCUT2D eigenvalue weighted by Crippen LogP contribution is 2.62. The van der Waals surface area contributed by atoms with Gasteiger partial charge in [-0.15, -0.1) is 0 Å². The number of hydrogen-bond acceptors (Lipinski definition) is 3. The normalized spacial score (nSPS) is 47.9. The first-order chi connectivity index (χ1) is 10.3. The highest BCUT2D eigenvalue weighted by molar-refractivity contribution is 5.87. The highest BCUT2D eigenvalue weighted by Gasteiger charge is 2.59. The Morgan fingerprint density at radius 1 is 1.27 bits per heavy atom. The summed E-state index contributed by atoms with van der Waals surface area (Å²) < 4.78 is 0. The van der Waals surface area contributed by atoms with Crippen LogP contribution in [0.15, 0.2) is 0 Å². The number of carboxylic acid groups (broad SMARTS) is 1. The van der Waals surface area contributed by atoms with Crippen LogP contribution in [0.4, 0.5) is 0 Å². The van der Waals surface area contributed by atoms with Crippen LogP contribution >= 0.6 is 0 Å². The van der Waals surface area contributed by atoms with Gasteiger partial charge in [0, 0.05) is 24.3 Å². The molecule has 0 aliphatic heterocycles. The van der Waals surface area contributed by atoms with Gasteiger partial charge in [0.25, 0.3) is 0 Å². The summed E-state index contributed by atoms with van der Waals surface area (Å²) in [5, 5.41) is 9.05. The van der Waals surface area contributed by atoms with Gasteiger partial charge in [0.1, 0.15) is 5.78 Å². The fraction of sp³-hybridized carbons (Fsp3) is 0.889. The molecular weight excluding hydrogens is 278 g/mol.